The van der Waals surface area contributed by atoms with Gasteiger partial charge in [-0.25, -0.2) is 16.8 Å². The van der Waals surface area contributed by atoms with E-state index in [2.05, 4.69) is 9.44 Å². The Labute approximate surface area is 205 Å². The van der Waals surface area contributed by atoms with Crippen molar-refractivity contribution >= 4 is 31.4 Å². The van der Waals surface area contributed by atoms with Crippen LogP contribution in [-0.4, -0.2) is 16.8 Å². The topological polar surface area (TPSA) is 96.5 Å². The monoisotopic (exact) mass is 502 g/mol. The zero-order chi connectivity index (χ0) is 24.8. The molecule has 0 unspecified atom stereocenters. The Morgan fingerprint density at radius 1 is 0.543 bits per heavy atom. The molecule has 0 fully saturated rings. The number of aryl methyl sites for hydroxylation is 2. The number of hydrogen-bond acceptors (Lipinski definition) is 4. The van der Waals surface area contributed by atoms with E-state index in [1.807, 2.05) is 38.1 Å². The third-order valence-electron chi connectivity index (χ3n) is 5.94. The lowest BCUT2D eigenvalue weighted by Crippen LogP contribution is -1.99. The van der Waals surface area contributed by atoms with Crippen LogP contribution < -0.4 is 0 Å². The van der Waals surface area contributed by atoms with Crippen LogP contribution in [0.3, 0.4) is 0 Å². The summed E-state index contributed by atoms with van der Waals surface area (Å²) >= 11 is 0. The summed E-state index contributed by atoms with van der Waals surface area (Å²) in [7, 11) is -7.78. The summed E-state index contributed by atoms with van der Waals surface area (Å²) in [6.07, 6.45) is 0.423. The summed E-state index contributed by atoms with van der Waals surface area (Å²) in [5.41, 5.74) is 6.16. The van der Waals surface area contributed by atoms with Crippen molar-refractivity contribution in [3.63, 3.8) is 0 Å². The van der Waals surface area contributed by atoms with E-state index in [4.69, 9.17) is 0 Å². The fourth-order valence-electron chi connectivity index (χ4n) is 4.08. The summed E-state index contributed by atoms with van der Waals surface area (Å²) in [4.78, 5) is 0.207. The van der Waals surface area contributed by atoms with E-state index in [1.165, 1.54) is 0 Å². The van der Waals surface area contributed by atoms with Gasteiger partial charge in [-0.3, -0.25) is 0 Å². The Morgan fingerprint density at radius 2 is 0.914 bits per heavy atom. The van der Waals surface area contributed by atoms with Crippen LogP contribution in [0.5, 0.6) is 0 Å². The molecule has 0 aromatic heterocycles. The quantitative estimate of drug-likeness (QED) is 0.259. The second-order valence-corrected chi connectivity index (χ2v) is 11.8. The largest absolute Gasteiger partial charge is 0.573 e. The molecule has 0 bridgehead atoms. The van der Waals surface area contributed by atoms with Gasteiger partial charge in [-0.05, 0) is 66.8 Å². The van der Waals surface area contributed by atoms with Crippen molar-refractivity contribution in [3.8, 4) is 11.1 Å². The molecule has 4 aromatic carbocycles. The molecular formula is C27H22N2O4S2-2. The molecule has 1 aliphatic rings. The van der Waals surface area contributed by atoms with Crippen molar-refractivity contribution in [2.24, 2.45) is 0 Å². The highest BCUT2D eigenvalue weighted by atomic mass is 32.2. The van der Waals surface area contributed by atoms with E-state index in [9.17, 15) is 16.8 Å². The number of rotatable bonds is 6. The first-order valence-corrected chi connectivity index (χ1v) is 13.8. The maximum Gasteiger partial charge on any atom is 0.123 e. The zero-order valence-corrected chi connectivity index (χ0v) is 20.8. The number of fused-ring (bicyclic) bond motifs is 3. The molecule has 35 heavy (non-hydrogen) atoms. The molecule has 0 amide bonds. The molecule has 178 valence electrons. The second-order valence-electron chi connectivity index (χ2n) is 8.62. The van der Waals surface area contributed by atoms with Crippen molar-refractivity contribution in [3.05, 3.63) is 117 Å². The Hall–Kier alpha value is -3.62. The van der Waals surface area contributed by atoms with Crippen LogP contribution in [0.4, 0.5) is 11.4 Å². The Kier molecular flexibility index (Phi) is 5.65. The van der Waals surface area contributed by atoms with Gasteiger partial charge in [-0.15, -0.1) is 11.4 Å². The summed E-state index contributed by atoms with van der Waals surface area (Å²) in [6, 6.07) is 23.7. The molecule has 0 radical (unpaired) electrons. The molecule has 0 N–H and O–H groups in total. The lowest BCUT2D eigenvalue weighted by atomic mass is 10.1. The van der Waals surface area contributed by atoms with Gasteiger partial charge in [0.25, 0.3) is 0 Å². The van der Waals surface area contributed by atoms with E-state index in [0.717, 1.165) is 33.4 Å². The van der Waals surface area contributed by atoms with Gasteiger partial charge in [0.05, 0.1) is 9.79 Å². The Morgan fingerprint density at radius 3 is 1.29 bits per heavy atom. The molecule has 5 rings (SSSR count). The second kappa shape index (κ2) is 8.55. The van der Waals surface area contributed by atoms with Gasteiger partial charge in [-0.2, -0.15) is 0 Å². The molecular weight excluding hydrogens is 480 g/mol. The molecule has 8 heteroatoms. The molecule has 1 aliphatic carbocycles. The number of benzene rings is 4. The predicted molar refractivity (Wildman–Crippen MR) is 137 cm³/mol. The first-order chi connectivity index (χ1) is 16.6. The molecule has 6 nitrogen and oxygen atoms in total. The molecule has 0 aliphatic heterocycles. The molecule has 0 spiro atoms. The molecule has 0 saturated heterocycles. The number of sulfonamides is 2. The first-order valence-electron chi connectivity index (χ1n) is 11.0. The minimum atomic E-state index is -3.89. The maximum absolute atomic E-state index is 12.9. The fraction of sp³-hybridized carbons (Fsp3) is 0.111. The van der Waals surface area contributed by atoms with Gasteiger partial charge in [0.1, 0.15) is 20.0 Å². The van der Waals surface area contributed by atoms with Gasteiger partial charge in [0, 0.05) is 0 Å². The average Bonchev–Trinajstić information content (AvgIpc) is 3.19. The minimum Gasteiger partial charge on any atom is -0.573 e. The van der Waals surface area contributed by atoms with Gasteiger partial charge >= 0.3 is 0 Å². The van der Waals surface area contributed by atoms with E-state index in [0.29, 0.717) is 17.8 Å². The normalized spacial score (nSPS) is 12.6. The van der Waals surface area contributed by atoms with E-state index in [-0.39, 0.29) is 9.79 Å². The van der Waals surface area contributed by atoms with Gasteiger partial charge in [0.15, 0.2) is 0 Å². The zero-order valence-electron chi connectivity index (χ0n) is 19.1. The van der Waals surface area contributed by atoms with E-state index in [1.54, 1.807) is 60.7 Å². The van der Waals surface area contributed by atoms with E-state index >= 15 is 0 Å². The van der Waals surface area contributed by atoms with Gasteiger partial charge < -0.3 is 9.44 Å². The molecule has 0 heterocycles. The highest BCUT2D eigenvalue weighted by Crippen LogP contribution is 2.40. The standard InChI is InChI=1S/C27H22N2O4S2/c1-18-3-7-22(8-4-18)28-34(30,31)24-11-13-26-20(16-24)15-21-17-25(12-14-27(21)26)35(32,33)29-23-9-5-19(2)6-10-23/h3-14,16-17H,15H2,1-2H3/q-2. The lowest BCUT2D eigenvalue weighted by molar-refractivity contribution is 0.601. The van der Waals surface area contributed by atoms with Crippen LogP contribution in [-0.2, 0) is 26.5 Å². The fourth-order valence-corrected chi connectivity index (χ4v) is 6.15. The van der Waals surface area contributed by atoms with Crippen molar-refractivity contribution in [1.29, 1.82) is 0 Å². The first kappa shape index (κ1) is 23.1. The Balaban J connectivity index is 1.40. The SMILES string of the molecule is Cc1ccc([N-]S(=O)(=O)c2ccc3c(c2)Cc2cc(S(=O)(=O)[N-]c4ccc(C)cc4)ccc2-3)cc1. The minimum absolute atomic E-state index is 0.104. The van der Waals surface area contributed by atoms with Crippen LogP contribution in [0.2, 0.25) is 0 Å². The summed E-state index contributed by atoms with van der Waals surface area (Å²) in [5, 5.41) is 0. The molecule has 0 saturated carbocycles. The smallest absolute Gasteiger partial charge is 0.123 e. The van der Waals surface area contributed by atoms with Crippen molar-refractivity contribution in [1.82, 2.24) is 0 Å². The third-order valence-corrected chi connectivity index (χ3v) is 8.54. The van der Waals surface area contributed by atoms with Gasteiger partial charge in [0.2, 0.25) is 0 Å². The van der Waals surface area contributed by atoms with E-state index < -0.39 is 20.0 Å². The molecule has 4 aromatic rings. The summed E-state index contributed by atoms with van der Waals surface area (Å²) < 4.78 is 59.4. The highest BCUT2D eigenvalue weighted by molar-refractivity contribution is 7.94. The van der Waals surface area contributed by atoms with Crippen molar-refractivity contribution in [2.45, 2.75) is 30.1 Å². The number of hydrogen-bond donors (Lipinski definition) is 0. The van der Waals surface area contributed by atoms with Crippen molar-refractivity contribution in [2.75, 3.05) is 0 Å². The van der Waals surface area contributed by atoms with Crippen LogP contribution in [0.1, 0.15) is 22.3 Å². The predicted octanol–water partition coefficient (Wildman–Crippen LogP) is 6.66. The summed E-state index contributed by atoms with van der Waals surface area (Å²) in [6.45, 7) is 3.84. The molecule has 0 atom stereocenters. The van der Waals surface area contributed by atoms with Crippen LogP contribution >= 0.6 is 0 Å². The highest BCUT2D eigenvalue weighted by Gasteiger charge is 2.21. The summed E-state index contributed by atoms with van der Waals surface area (Å²) in [5.74, 6) is 0. The van der Waals surface area contributed by atoms with Crippen LogP contribution in [0, 0.1) is 13.8 Å². The Bertz CT molecular complexity index is 1520. The van der Waals surface area contributed by atoms with Gasteiger partial charge in [-0.1, -0.05) is 71.8 Å². The lowest BCUT2D eigenvalue weighted by Gasteiger charge is -2.22. The average molecular weight is 503 g/mol. The number of nitrogens with zero attached hydrogens (tertiary/aromatic N) is 2. The van der Waals surface area contributed by atoms with Crippen LogP contribution in [0.15, 0.2) is 94.7 Å². The van der Waals surface area contributed by atoms with Crippen molar-refractivity contribution < 1.29 is 16.8 Å². The third kappa shape index (κ3) is 4.67. The van der Waals surface area contributed by atoms with Crippen LogP contribution in [0.25, 0.3) is 20.6 Å². The maximum atomic E-state index is 12.9.